The van der Waals surface area contributed by atoms with E-state index >= 15 is 0 Å². The summed E-state index contributed by atoms with van der Waals surface area (Å²) in [6.07, 6.45) is 0.0360. The summed E-state index contributed by atoms with van der Waals surface area (Å²) in [5.41, 5.74) is 4.56. The van der Waals surface area contributed by atoms with Crippen molar-refractivity contribution in [1.82, 2.24) is 19.4 Å². The van der Waals surface area contributed by atoms with Crippen LogP contribution in [0.2, 0.25) is 0 Å². The number of aliphatic imine (C=N–C) groups is 1. The van der Waals surface area contributed by atoms with Crippen LogP contribution < -0.4 is 10.2 Å². The molecular formula is C26H34N7PS. The molecule has 0 saturated carbocycles. The largest absolute Gasteiger partial charge is 0.346 e. The number of aryl methyl sites for hydroxylation is 2. The normalized spacial score (nSPS) is 26.0. The molecule has 9 heteroatoms. The first-order valence-electron chi connectivity index (χ1n) is 12.4. The van der Waals surface area contributed by atoms with Crippen LogP contribution in [0.5, 0.6) is 0 Å². The molecule has 0 aliphatic carbocycles. The minimum atomic E-state index is -2.41. The van der Waals surface area contributed by atoms with Crippen LogP contribution in [0.25, 0.3) is 0 Å². The van der Waals surface area contributed by atoms with Gasteiger partial charge in [-0.15, -0.1) is 0 Å². The Morgan fingerprint density at radius 2 is 1.89 bits per heavy atom. The van der Waals surface area contributed by atoms with Crippen molar-refractivity contribution in [1.29, 1.82) is 5.26 Å². The Balaban J connectivity index is 1.74. The van der Waals surface area contributed by atoms with Crippen molar-refractivity contribution in [2.24, 2.45) is 4.99 Å². The second-order valence-electron chi connectivity index (χ2n) is 10.0. The standard InChI is InChI=1S/C26H34N7PS/c1-6-31-14-16-32(17-15-31)34(35)22(18-28-25-23(34)19(2)29-33(25)13-9-12-27)24-26(3,4)20-10-7-8-11-21(20)30(24)5/h7-8,10-11,18H,6,9,13-17H2,1-5H3/b24-22-/t34-/m0/s1. The van der Waals surface area contributed by atoms with E-state index in [1.54, 1.807) is 0 Å². The van der Waals surface area contributed by atoms with Crippen LogP contribution in [0.15, 0.2) is 40.3 Å². The fraction of sp³-hybridized carbons (Fsp3) is 0.500. The van der Waals surface area contributed by atoms with Gasteiger partial charge in [-0.2, -0.15) is 10.4 Å². The van der Waals surface area contributed by atoms with Gasteiger partial charge in [-0.25, -0.2) is 9.67 Å². The van der Waals surface area contributed by atoms with E-state index in [-0.39, 0.29) is 5.41 Å². The predicted octanol–water partition coefficient (Wildman–Crippen LogP) is 4.12. The molecule has 0 unspecified atom stereocenters. The van der Waals surface area contributed by atoms with Crippen LogP contribution in [0, 0.1) is 18.3 Å². The fourth-order valence-electron chi connectivity index (χ4n) is 5.96. The molecule has 3 aliphatic rings. The van der Waals surface area contributed by atoms with Crippen molar-refractivity contribution in [2.45, 2.75) is 46.1 Å². The lowest BCUT2D eigenvalue weighted by Gasteiger charge is -2.44. The summed E-state index contributed by atoms with van der Waals surface area (Å²) in [7, 11) is 2.16. The van der Waals surface area contributed by atoms with Crippen LogP contribution in [-0.2, 0) is 23.8 Å². The van der Waals surface area contributed by atoms with E-state index in [9.17, 15) is 5.26 Å². The third-order valence-corrected chi connectivity index (χ3v) is 12.9. The summed E-state index contributed by atoms with van der Waals surface area (Å²) in [5.74, 6) is 0.847. The zero-order valence-electron chi connectivity index (χ0n) is 21.3. The van der Waals surface area contributed by atoms with E-state index in [1.165, 1.54) is 22.3 Å². The minimum absolute atomic E-state index is 0.190. The van der Waals surface area contributed by atoms with Gasteiger partial charge in [-0.3, -0.25) is 4.67 Å². The molecule has 1 aromatic heterocycles. The Kier molecular flexibility index (Phi) is 6.26. The highest BCUT2D eigenvalue weighted by molar-refractivity contribution is 8.19. The van der Waals surface area contributed by atoms with Crippen molar-refractivity contribution in [3.8, 4) is 6.07 Å². The maximum Gasteiger partial charge on any atom is 0.160 e. The Morgan fingerprint density at radius 1 is 1.17 bits per heavy atom. The summed E-state index contributed by atoms with van der Waals surface area (Å²) >= 11 is 6.87. The molecule has 1 fully saturated rings. The number of anilines is 1. The van der Waals surface area contributed by atoms with Gasteiger partial charge in [-0.05, 0) is 25.1 Å². The van der Waals surface area contributed by atoms with E-state index in [1.807, 2.05) is 10.9 Å². The van der Waals surface area contributed by atoms with Crippen molar-refractivity contribution < 1.29 is 0 Å². The zero-order chi connectivity index (χ0) is 25.0. The van der Waals surface area contributed by atoms with Gasteiger partial charge < -0.3 is 9.80 Å². The molecule has 0 spiro atoms. The number of nitriles is 1. The molecule has 2 aromatic rings. The first kappa shape index (κ1) is 24.4. The number of piperazine rings is 1. The van der Waals surface area contributed by atoms with Gasteiger partial charge in [0.2, 0.25) is 0 Å². The Bertz CT molecular complexity index is 1310. The van der Waals surface area contributed by atoms with Crippen molar-refractivity contribution in [2.75, 3.05) is 44.7 Å². The molecule has 1 saturated heterocycles. The SMILES string of the molecule is CCN1CCN([P@]2(=S)/C(=C3\N(C)c4ccccc4C3(C)C)C=Nc3c2c(C)nn3CCC#N)CC1. The molecule has 5 rings (SSSR count). The van der Waals surface area contributed by atoms with Gasteiger partial charge in [0.1, 0.15) is 0 Å². The van der Waals surface area contributed by atoms with E-state index < -0.39 is 6.19 Å². The number of para-hydroxylation sites is 1. The van der Waals surface area contributed by atoms with Gasteiger partial charge in [0.15, 0.2) is 5.82 Å². The summed E-state index contributed by atoms with van der Waals surface area (Å²) < 4.78 is 4.46. The molecule has 0 amide bonds. The molecule has 1 aromatic carbocycles. The maximum atomic E-state index is 9.18. The number of fused-ring (bicyclic) bond motifs is 2. The number of nitrogens with zero attached hydrogens (tertiary/aromatic N) is 7. The molecule has 1 atom stereocenters. The Hall–Kier alpha value is -2.30. The number of likely N-dealkylation sites (N-methyl/N-ethyl adjacent to an activating group) is 2. The smallest absolute Gasteiger partial charge is 0.160 e. The van der Waals surface area contributed by atoms with Gasteiger partial charge in [0.25, 0.3) is 0 Å². The second kappa shape index (κ2) is 8.97. The number of aromatic nitrogens is 2. The van der Waals surface area contributed by atoms with Crippen LogP contribution >= 0.6 is 6.19 Å². The second-order valence-corrected chi connectivity index (χ2v) is 14.3. The lowest BCUT2D eigenvalue weighted by molar-refractivity contribution is 0.202. The number of benzene rings is 1. The topological polar surface area (TPSA) is 63.7 Å². The zero-order valence-corrected chi connectivity index (χ0v) is 23.0. The maximum absolute atomic E-state index is 9.18. The fourth-order valence-corrected chi connectivity index (χ4v) is 10.9. The molecule has 7 nitrogen and oxygen atoms in total. The van der Waals surface area contributed by atoms with Crippen LogP contribution in [0.4, 0.5) is 11.5 Å². The lowest BCUT2D eigenvalue weighted by atomic mass is 9.84. The average molecular weight is 508 g/mol. The predicted molar refractivity (Wildman–Crippen MR) is 148 cm³/mol. The molecular weight excluding hydrogens is 473 g/mol. The van der Waals surface area contributed by atoms with Gasteiger partial charge in [0.05, 0.1) is 36.2 Å². The number of allylic oxidation sites excluding steroid dienone is 2. The highest BCUT2D eigenvalue weighted by atomic mass is 32.4. The van der Waals surface area contributed by atoms with Gasteiger partial charge >= 0.3 is 0 Å². The van der Waals surface area contributed by atoms with Gasteiger partial charge in [-0.1, -0.05) is 50.8 Å². The van der Waals surface area contributed by atoms with Crippen molar-refractivity contribution >= 4 is 41.0 Å². The highest BCUT2D eigenvalue weighted by Crippen LogP contribution is 2.64. The summed E-state index contributed by atoms with van der Waals surface area (Å²) in [4.78, 5) is 9.81. The summed E-state index contributed by atoms with van der Waals surface area (Å²) in [6, 6.07) is 10.9. The summed E-state index contributed by atoms with van der Waals surface area (Å²) in [5, 5.41) is 16.3. The van der Waals surface area contributed by atoms with Crippen LogP contribution in [0.1, 0.15) is 38.4 Å². The third kappa shape index (κ3) is 3.64. The lowest BCUT2D eigenvalue weighted by Crippen LogP contribution is -2.46. The number of hydrogen-bond acceptors (Lipinski definition) is 6. The molecule has 4 heterocycles. The minimum Gasteiger partial charge on any atom is -0.346 e. The first-order chi connectivity index (χ1) is 16.7. The molecule has 0 radical (unpaired) electrons. The van der Waals surface area contributed by atoms with Crippen LogP contribution in [0.3, 0.4) is 0 Å². The van der Waals surface area contributed by atoms with Crippen molar-refractivity contribution in [3.05, 3.63) is 46.5 Å². The van der Waals surface area contributed by atoms with Gasteiger partial charge in [0, 0.05) is 61.6 Å². The van der Waals surface area contributed by atoms with Crippen LogP contribution in [-0.4, -0.2) is 65.3 Å². The Morgan fingerprint density at radius 3 is 2.54 bits per heavy atom. The van der Waals surface area contributed by atoms with E-state index in [0.717, 1.165) is 49.5 Å². The van der Waals surface area contributed by atoms with E-state index in [0.29, 0.717) is 13.0 Å². The average Bonchev–Trinajstić information content (AvgIpc) is 3.29. The molecule has 3 aliphatic heterocycles. The summed E-state index contributed by atoms with van der Waals surface area (Å²) in [6.45, 7) is 14.4. The third-order valence-electron chi connectivity index (χ3n) is 7.75. The highest BCUT2D eigenvalue weighted by Gasteiger charge is 2.47. The monoisotopic (exact) mass is 507 g/mol. The molecule has 35 heavy (non-hydrogen) atoms. The number of hydrogen-bond donors (Lipinski definition) is 0. The quantitative estimate of drug-likeness (QED) is 0.581. The molecule has 0 bridgehead atoms. The number of rotatable bonds is 4. The van der Waals surface area contributed by atoms with E-state index in [4.69, 9.17) is 21.9 Å². The molecule has 184 valence electrons. The van der Waals surface area contributed by atoms with E-state index in [2.05, 4.69) is 79.5 Å². The van der Waals surface area contributed by atoms with Crippen molar-refractivity contribution in [3.63, 3.8) is 0 Å². The first-order valence-corrected chi connectivity index (χ1v) is 15.2. The molecule has 0 N–H and O–H groups in total. The Labute approximate surface area is 213 Å².